The molecule has 0 unspecified atom stereocenters. The molecule has 2 aromatic heterocycles. The van der Waals surface area contributed by atoms with Crippen LogP contribution in [0.4, 0.5) is 0 Å². The van der Waals surface area contributed by atoms with Crippen molar-refractivity contribution >= 4 is 59.5 Å². The van der Waals surface area contributed by atoms with Gasteiger partial charge in [-0.25, -0.2) is 0 Å². The van der Waals surface area contributed by atoms with Crippen molar-refractivity contribution in [3.05, 3.63) is 168 Å². The lowest BCUT2D eigenvalue weighted by molar-refractivity contribution is 0.454. The van der Waals surface area contributed by atoms with E-state index < -0.39 is 0 Å². The summed E-state index contributed by atoms with van der Waals surface area (Å²) in [6.45, 7) is 0. The molecule has 0 spiro atoms. The second-order valence-electron chi connectivity index (χ2n) is 11.5. The van der Waals surface area contributed by atoms with E-state index in [-0.39, 0.29) is 0 Å². The molecular weight excluding hydrogens is 644 g/mol. The Bertz CT molecular complexity index is 2510. The minimum absolute atomic E-state index is 0.660. The summed E-state index contributed by atoms with van der Waals surface area (Å²) in [5.41, 5.74) is 6.63. The van der Waals surface area contributed by atoms with E-state index in [2.05, 4.69) is 128 Å². The average Bonchev–Trinajstić information content (AvgIpc) is 3.62. The second kappa shape index (κ2) is 11.2. The number of benzene rings is 7. The van der Waals surface area contributed by atoms with Gasteiger partial charge in [-0.3, -0.25) is 0 Å². The number of ether oxygens (including phenoxy) is 2. The van der Waals surface area contributed by atoms with Crippen LogP contribution in [0, 0.1) is 0 Å². The Kier molecular flexibility index (Phi) is 6.58. The SMILES string of the molecule is Brc1c(Oc2ccccc2)cc(-n2c3ccccc3c3cc4c(cc32)c2ccccc2n4-c2ccccc2)cc1Oc1ccccc1. The second-order valence-corrected chi connectivity index (χ2v) is 12.3. The summed E-state index contributed by atoms with van der Waals surface area (Å²) in [6.07, 6.45) is 0. The molecule has 0 aliphatic carbocycles. The number of nitrogens with zero attached hydrogens (tertiary/aromatic N) is 2. The molecule has 9 aromatic rings. The van der Waals surface area contributed by atoms with Gasteiger partial charge in [-0.2, -0.15) is 0 Å². The highest BCUT2D eigenvalue weighted by Crippen LogP contribution is 2.44. The fraction of sp³-hybridized carbons (Fsp3) is 0. The van der Waals surface area contributed by atoms with Gasteiger partial charge in [-0.15, -0.1) is 0 Å². The molecule has 0 bridgehead atoms. The summed E-state index contributed by atoms with van der Waals surface area (Å²) in [4.78, 5) is 0. The van der Waals surface area contributed by atoms with Gasteiger partial charge in [0.1, 0.15) is 27.5 Å². The quantitative estimate of drug-likeness (QED) is 0.176. The number of para-hydroxylation sites is 5. The highest BCUT2D eigenvalue weighted by atomic mass is 79.9. The summed E-state index contributed by atoms with van der Waals surface area (Å²) < 4.78 is 18.4. The van der Waals surface area contributed by atoms with Crippen LogP contribution in [0.25, 0.3) is 55.0 Å². The predicted molar refractivity (Wildman–Crippen MR) is 196 cm³/mol. The number of rotatable bonds is 6. The predicted octanol–water partition coefficient (Wildman–Crippen LogP) is 12.2. The molecule has 5 heteroatoms. The molecule has 0 aliphatic rings. The zero-order valence-electron chi connectivity index (χ0n) is 25.2. The molecule has 0 N–H and O–H groups in total. The van der Waals surface area contributed by atoms with Gasteiger partial charge >= 0.3 is 0 Å². The lowest BCUT2D eigenvalue weighted by atomic mass is 10.1. The maximum atomic E-state index is 6.49. The Labute approximate surface area is 279 Å². The number of halogens is 1. The third kappa shape index (κ3) is 4.67. The molecule has 0 radical (unpaired) electrons. The van der Waals surface area contributed by atoms with E-state index in [0.29, 0.717) is 11.5 Å². The Morgan fingerprint density at radius 3 is 1.26 bits per heavy atom. The number of aromatic nitrogens is 2. The van der Waals surface area contributed by atoms with Gasteiger partial charge < -0.3 is 18.6 Å². The van der Waals surface area contributed by atoms with Gasteiger partial charge in [0.25, 0.3) is 0 Å². The number of hydrogen-bond acceptors (Lipinski definition) is 2. The zero-order chi connectivity index (χ0) is 31.3. The molecule has 4 nitrogen and oxygen atoms in total. The molecule has 0 aliphatic heterocycles. The Balaban J connectivity index is 1.34. The monoisotopic (exact) mass is 670 g/mol. The fourth-order valence-electron chi connectivity index (χ4n) is 6.63. The minimum Gasteiger partial charge on any atom is -0.456 e. The lowest BCUT2D eigenvalue weighted by Crippen LogP contribution is -1.98. The normalized spacial score (nSPS) is 11.5. The van der Waals surface area contributed by atoms with Crippen molar-refractivity contribution in [2.24, 2.45) is 0 Å². The first-order valence-electron chi connectivity index (χ1n) is 15.5. The summed E-state index contributed by atoms with van der Waals surface area (Å²) in [5.74, 6) is 2.81. The Hall–Kier alpha value is -5.78. The molecule has 0 saturated heterocycles. The summed E-state index contributed by atoms with van der Waals surface area (Å²) >= 11 is 3.82. The van der Waals surface area contributed by atoms with Crippen LogP contribution >= 0.6 is 15.9 Å². The van der Waals surface area contributed by atoms with Gasteiger partial charge in [-0.05, 0) is 76.6 Å². The third-order valence-corrected chi connectivity index (χ3v) is 9.45. The highest BCUT2D eigenvalue weighted by molar-refractivity contribution is 9.10. The van der Waals surface area contributed by atoms with Gasteiger partial charge in [0.05, 0.1) is 27.8 Å². The van der Waals surface area contributed by atoms with E-state index in [1.54, 1.807) is 0 Å². The van der Waals surface area contributed by atoms with Gasteiger partial charge in [0, 0.05) is 39.4 Å². The van der Waals surface area contributed by atoms with Crippen LogP contribution in [-0.4, -0.2) is 9.13 Å². The summed E-state index contributed by atoms with van der Waals surface area (Å²) in [5, 5.41) is 4.75. The molecule has 224 valence electrons. The number of hydrogen-bond donors (Lipinski definition) is 0. The fourth-order valence-corrected chi connectivity index (χ4v) is 7.02. The smallest absolute Gasteiger partial charge is 0.147 e. The topological polar surface area (TPSA) is 28.3 Å². The molecule has 0 saturated carbocycles. The van der Waals surface area contributed by atoms with Crippen LogP contribution in [0.2, 0.25) is 0 Å². The summed E-state index contributed by atoms with van der Waals surface area (Å²) in [6, 6.07) is 56.3. The summed E-state index contributed by atoms with van der Waals surface area (Å²) in [7, 11) is 0. The molecule has 0 atom stereocenters. The van der Waals surface area contributed by atoms with Gasteiger partial charge in [-0.1, -0.05) is 91.0 Å². The molecular formula is C42H27BrN2O2. The molecule has 0 fully saturated rings. The molecule has 47 heavy (non-hydrogen) atoms. The van der Waals surface area contributed by atoms with E-state index in [1.165, 1.54) is 32.6 Å². The van der Waals surface area contributed by atoms with Crippen LogP contribution in [0.15, 0.2) is 168 Å². The van der Waals surface area contributed by atoms with Crippen molar-refractivity contribution in [1.82, 2.24) is 9.13 Å². The zero-order valence-corrected chi connectivity index (χ0v) is 26.8. The first-order chi connectivity index (χ1) is 23.2. The van der Waals surface area contributed by atoms with E-state index in [9.17, 15) is 0 Å². The van der Waals surface area contributed by atoms with Crippen molar-refractivity contribution in [1.29, 1.82) is 0 Å². The van der Waals surface area contributed by atoms with Crippen LogP contribution in [-0.2, 0) is 0 Å². The Morgan fingerprint density at radius 2 is 0.766 bits per heavy atom. The average molecular weight is 672 g/mol. The van der Waals surface area contributed by atoms with E-state index in [0.717, 1.165) is 38.4 Å². The molecule has 0 amide bonds. The van der Waals surface area contributed by atoms with Gasteiger partial charge in [0.15, 0.2) is 0 Å². The highest BCUT2D eigenvalue weighted by Gasteiger charge is 2.21. The number of fused-ring (bicyclic) bond motifs is 6. The standard InChI is InChI=1S/C42H27BrN2O2/c43-42-40(46-30-16-6-2-7-17-30)24-29(25-41(42)47-31-18-8-3-9-19-31)45-37-23-13-11-21-33(37)35-26-38-34(27-39(35)45)32-20-10-12-22-36(32)44(38)28-14-4-1-5-15-28/h1-27H. The van der Waals surface area contributed by atoms with Crippen LogP contribution < -0.4 is 9.47 Å². The van der Waals surface area contributed by atoms with Crippen LogP contribution in [0.1, 0.15) is 0 Å². The maximum absolute atomic E-state index is 6.49. The third-order valence-electron chi connectivity index (χ3n) is 8.67. The first-order valence-corrected chi connectivity index (χ1v) is 16.3. The van der Waals surface area contributed by atoms with Crippen LogP contribution in [0.5, 0.6) is 23.0 Å². The van der Waals surface area contributed by atoms with Crippen molar-refractivity contribution in [2.45, 2.75) is 0 Å². The van der Waals surface area contributed by atoms with Crippen molar-refractivity contribution in [2.75, 3.05) is 0 Å². The molecule has 2 heterocycles. The van der Waals surface area contributed by atoms with E-state index in [1.807, 2.05) is 60.7 Å². The van der Waals surface area contributed by atoms with E-state index >= 15 is 0 Å². The largest absolute Gasteiger partial charge is 0.456 e. The van der Waals surface area contributed by atoms with Crippen molar-refractivity contribution < 1.29 is 9.47 Å². The van der Waals surface area contributed by atoms with E-state index in [4.69, 9.17) is 9.47 Å². The van der Waals surface area contributed by atoms with Crippen LogP contribution in [0.3, 0.4) is 0 Å². The minimum atomic E-state index is 0.660. The first kappa shape index (κ1) is 27.5. The maximum Gasteiger partial charge on any atom is 0.147 e. The molecule has 7 aromatic carbocycles. The van der Waals surface area contributed by atoms with Gasteiger partial charge in [0.2, 0.25) is 0 Å². The van der Waals surface area contributed by atoms with Crippen molar-refractivity contribution in [3.8, 4) is 34.4 Å². The Morgan fingerprint density at radius 1 is 0.362 bits per heavy atom. The molecule has 9 rings (SSSR count). The lowest BCUT2D eigenvalue weighted by Gasteiger charge is -2.17. The van der Waals surface area contributed by atoms with Crippen molar-refractivity contribution in [3.63, 3.8) is 0 Å².